The van der Waals surface area contributed by atoms with Gasteiger partial charge in [0.15, 0.2) is 0 Å². The Morgan fingerprint density at radius 1 is 1.43 bits per heavy atom. The largest absolute Gasteiger partial charge is 0.446 e. The van der Waals surface area contributed by atoms with Crippen LogP contribution in [0.2, 0.25) is 0 Å². The summed E-state index contributed by atoms with van der Waals surface area (Å²) in [5, 5.41) is 2.76. The molecule has 1 rings (SSSR count). The van der Waals surface area contributed by atoms with E-state index in [1.165, 1.54) is 0 Å². The van der Waals surface area contributed by atoms with Crippen molar-refractivity contribution in [2.45, 2.75) is 57.7 Å². The van der Waals surface area contributed by atoms with Crippen molar-refractivity contribution in [3.63, 3.8) is 0 Å². The Bertz CT molecular complexity index is 211. The lowest BCUT2D eigenvalue weighted by Gasteiger charge is -2.21. The Hall–Kier alpha value is -0.770. The van der Waals surface area contributed by atoms with Gasteiger partial charge in [-0.2, -0.15) is 0 Å². The first-order valence-corrected chi connectivity index (χ1v) is 5.11. The first-order valence-electron chi connectivity index (χ1n) is 5.11. The molecule has 1 aliphatic carbocycles. The molecule has 2 atom stereocenters. The molecule has 1 fully saturated rings. The van der Waals surface area contributed by atoms with Crippen molar-refractivity contribution in [1.82, 2.24) is 5.32 Å². The molecule has 1 saturated carbocycles. The van der Waals surface area contributed by atoms with Crippen molar-refractivity contribution >= 4 is 6.09 Å². The summed E-state index contributed by atoms with van der Waals surface area (Å²) < 4.78 is 5.23. The van der Waals surface area contributed by atoms with Crippen LogP contribution in [0.1, 0.15) is 40.0 Å². The standard InChI is InChI=1S/C10H20N2O2/c1-10(2,3)12-9(13)14-8-5-4-7(11)6-8/h7-8H,4-6,11H2,1-3H3,(H,12,13)/t7-,8-/m0/s1. The zero-order valence-electron chi connectivity index (χ0n) is 9.17. The average molecular weight is 200 g/mol. The average Bonchev–Trinajstić information content (AvgIpc) is 2.30. The van der Waals surface area contributed by atoms with Gasteiger partial charge >= 0.3 is 6.09 Å². The highest BCUT2D eigenvalue weighted by Gasteiger charge is 2.26. The van der Waals surface area contributed by atoms with Crippen LogP contribution in [0.15, 0.2) is 0 Å². The molecule has 0 unspecified atom stereocenters. The molecule has 0 aromatic heterocycles. The molecule has 1 amide bonds. The molecular formula is C10H20N2O2. The molecule has 0 saturated heterocycles. The van der Waals surface area contributed by atoms with Crippen LogP contribution in [0.3, 0.4) is 0 Å². The van der Waals surface area contributed by atoms with Crippen LogP contribution in [-0.4, -0.2) is 23.8 Å². The molecular weight excluding hydrogens is 180 g/mol. The highest BCUT2D eigenvalue weighted by atomic mass is 16.6. The summed E-state index contributed by atoms with van der Waals surface area (Å²) in [5.74, 6) is 0. The fourth-order valence-corrected chi connectivity index (χ4v) is 1.57. The zero-order chi connectivity index (χ0) is 10.8. The molecule has 0 aliphatic heterocycles. The molecule has 0 aromatic rings. The number of rotatable bonds is 1. The lowest BCUT2D eigenvalue weighted by atomic mass is 10.1. The lowest BCUT2D eigenvalue weighted by molar-refractivity contribution is 0.0938. The van der Waals surface area contributed by atoms with Gasteiger partial charge in [0.25, 0.3) is 0 Å². The summed E-state index contributed by atoms with van der Waals surface area (Å²) in [7, 11) is 0. The van der Waals surface area contributed by atoms with Crippen LogP contribution < -0.4 is 11.1 Å². The summed E-state index contributed by atoms with van der Waals surface area (Å²) in [4.78, 5) is 11.3. The Kier molecular flexibility index (Phi) is 3.37. The third-order valence-corrected chi connectivity index (χ3v) is 2.18. The molecule has 0 heterocycles. The molecule has 0 radical (unpaired) electrons. The molecule has 0 spiro atoms. The molecule has 4 heteroatoms. The Balaban J connectivity index is 2.27. The summed E-state index contributed by atoms with van der Waals surface area (Å²) in [6, 6.07) is 0.197. The fraction of sp³-hybridized carbons (Fsp3) is 0.900. The lowest BCUT2D eigenvalue weighted by Crippen LogP contribution is -2.42. The number of hydrogen-bond donors (Lipinski definition) is 2. The minimum Gasteiger partial charge on any atom is -0.446 e. The quantitative estimate of drug-likeness (QED) is 0.672. The van der Waals surface area contributed by atoms with Crippen LogP contribution in [0.25, 0.3) is 0 Å². The van der Waals surface area contributed by atoms with E-state index in [0.717, 1.165) is 19.3 Å². The molecule has 3 N–H and O–H groups in total. The summed E-state index contributed by atoms with van der Waals surface area (Å²) >= 11 is 0. The van der Waals surface area contributed by atoms with E-state index in [-0.39, 0.29) is 23.8 Å². The molecule has 4 nitrogen and oxygen atoms in total. The molecule has 82 valence electrons. The van der Waals surface area contributed by atoms with Gasteiger partial charge in [-0.15, -0.1) is 0 Å². The number of ether oxygens (including phenoxy) is 1. The second kappa shape index (κ2) is 4.17. The maximum absolute atomic E-state index is 11.3. The van der Waals surface area contributed by atoms with Crippen molar-refractivity contribution < 1.29 is 9.53 Å². The number of amides is 1. The van der Waals surface area contributed by atoms with E-state index in [4.69, 9.17) is 10.5 Å². The zero-order valence-corrected chi connectivity index (χ0v) is 9.17. The summed E-state index contributed by atoms with van der Waals surface area (Å²) in [5.41, 5.74) is 5.48. The van der Waals surface area contributed by atoms with Crippen molar-refractivity contribution in [3.05, 3.63) is 0 Å². The Labute approximate surface area is 85.2 Å². The monoisotopic (exact) mass is 200 g/mol. The van der Waals surface area contributed by atoms with E-state index >= 15 is 0 Å². The first-order chi connectivity index (χ1) is 6.37. The number of carbonyl (C=O) groups excluding carboxylic acids is 1. The molecule has 14 heavy (non-hydrogen) atoms. The third kappa shape index (κ3) is 3.96. The fourth-order valence-electron chi connectivity index (χ4n) is 1.57. The Morgan fingerprint density at radius 2 is 2.07 bits per heavy atom. The topological polar surface area (TPSA) is 64.3 Å². The van der Waals surface area contributed by atoms with Crippen molar-refractivity contribution in [2.24, 2.45) is 5.73 Å². The van der Waals surface area contributed by atoms with Crippen LogP contribution in [0, 0.1) is 0 Å². The van der Waals surface area contributed by atoms with E-state index in [1.54, 1.807) is 0 Å². The SMILES string of the molecule is CC(C)(C)NC(=O)O[C@H]1CC[C@H](N)C1. The van der Waals surface area contributed by atoms with Crippen molar-refractivity contribution in [3.8, 4) is 0 Å². The second-order valence-electron chi connectivity index (χ2n) is 4.98. The maximum Gasteiger partial charge on any atom is 0.407 e. The van der Waals surface area contributed by atoms with Crippen LogP contribution in [0.5, 0.6) is 0 Å². The van der Waals surface area contributed by atoms with Crippen LogP contribution in [-0.2, 0) is 4.74 Å². The number of nitrogens with one attached hydrogen (secondary N) is 1. The predicted octanol–water partition coefficient (Wildman–Crippen LogP) is 1.39. The normalized spacial score (nSPS) is 27.4. The number of hydrogen-bond acceptors (Lipinski definition) is 3. The number of alkyl carbamates (subject to hydrolysis) is 1. The van der Waals surface area contributed by atoms with Gasteiger partial charge in [0.1, 0.15) is 6.10 Å². The first kappa shape index (κ1) is 11.3. The summed E-state index contributed by atoms with van der Waals surface area (Å²) in [6.07, 6.45) is 2.30. The highest BCUT2D eigenvalue weighted by molar-refractivity contribution is 5.68. The van der Waals surface area contributed by atoms with E-state index in [9.17, 15) is 4.79 Å². The maximum atomic E-state index is 11.3. The minimum absolute atomic E-state index is 0.00681. The molecule has 0 aromatic carbocycles. The number of nitrogens with two attached hydrogens (primary N) is 1. The van der Waals surface area contributed by atoms with E-state index < -0.39 is 0 Å². The summed E-state index contributed by atoms with van der Waals surface area (Å²) in [6.45, 7) is 5.78. The second-order valence-corrected chi connectivity index (χ2v) is 4.98. The van der Waals surface area contributed by atoms with Gasteiger partial charge in [-0.3, -0.25) is 0 Å². The van der Waals surface area contributed by atoms with Gasteiger partial charge in [-0.1, -0.05) is 0 Å². The van der Waals surface area contributed by atoms with Gasteiger partial charge in [0.05, 0.1) is 0 Å². The van der Waals surface area contributed by atoms with Gasteiger partial charge in [0.2, 0.25) is 0 Å². The third-order valence-electron chi connectivity index (χ3n) is 2.18. The highest BCUT2D eigenvalue weighted by Crippen LogP contribution is 2.20. The molecule has 0 bridgehead atoms. The van der Waals surface area contributed by atoms with Crippen molar-refractivity contribution in [2.75, 3.05) is 0 Å². The number of carbonyl (C=O) groups is 1. The van der Waals surface area contributed by atoms with Gasteiger partial charge in [-0.05, 0) is 40.0 Å². The van der Waals surface area contributed by atoms with Gasteiger partial charge in [0, 0.05) is 11.6 Å². The van der Waals surface area contributed by atoms with Crippen molar-refractivity contribution in [1.29, 1.82) is 0 Å². The predicted molar refractivity (Wildman–Crippen MR) is 55.0 cm³/mol. The van der Waals surface area contributed by atoms with Gasteiger partial charge < -0.3 is 15.8 Å². The smallest absolute Gasteiger partial charge is 0.407 e. The minimum atomic E-state index is -0.336. The molecule has 1 aliphatic rings. The van der Waals surface area contributed by atoms with E-state index in [1.807, 2.05) is 20.8 Å². The van der Waals surface area contributed by atoms with E-state index in [0.29, 0.717) is 0 Å². The Morgan fingerprint density at radius 3 is 2.50 bits per heavy atom. The van der Waals surface area contributed by atoms with Crippen LogP contribution >= 0.6 is 0 Å². The van der Waals surface area contributed by atoms with Gasteiger partial charge in [-0.25, -0.2) is 4.79 Å². The van der Waals surface area contributed by atoms with E-state index in [2.05, 4.69) is 5.32 Å². The van der Waals surface area contributed by atoms with Crippen LogP contribution in [0.4, 0.5) is 4.79 Å².